The van der Waals surface area contributed by atoms with Crippen molar-refractivity contribution in [3.63, 3.8) is 0 Å². The van der Waals surface area contributed by atoms with Crippen LogP contribution < -0.4 is 5.32 Å². The fraction of sp³-hybridized carbons (Fsp3) is 0.556. The first-order valence-corrected chi connectivity index (χ1v) is 5.03. The van der Waals surface area contributed by atoms with E-state index in [1.807, 2.05) is 18.4 Å². The summed E-state index contributed by atoms with van der Waals surface area (Å²) in [6.45, 7) is 1.18. The molecule has 1 heterocycles. The van der Waals surface area contributed by atoms with Gasteiger partial charge in [-0.05, 0) is 54.2 Å². The van der Waals surface area contributed by atoms with Crippen LogP contribution in [0.2, 0.25) is 0 Å². The molecule has 1 fully saturated rings. The zero-order valence-corrected chi connectivity index (χ0v) is 7.53. The zero-order chi connectivity index (χ0) is 7.68. The van der Waals surface area contributed by atoms with Gasteiger partial charge in [0.2, 0.25) is 0 Å². The van der Waals surface area contributed by atoms with Crippen LogP contribution in [0.25, 0.3) is 0 Å². The molecule has 0 amide bonds. The van der Waals surface area contributed by atoms with Crippen LogP contribution in [-0.4, -0.2) is 13.6 Å². The van der Waals surface area contributed by atoms with Gasteiger partial charge in [-0.3, -0.25) is 0 Å². The molecule has 0 bridgehead atoms. The predicted octanol–water partition coefficient (Wildman–Crippen LogP) is 2.07. The summed E-state index contributed by atoms with van der Waals surface area (Å²) in [6, 6.07) is 2.25. The summed E-state index contributed by atoms with van der Waals surface area (Å²) in [6.07, 6.45) is 1.39. The lowest BCUT2D eigenvalue weighted by Crippen LogP contribution is -2.09. The molecule has 0 unspecified atom stereocenters. The molecule has 0 aliphatic heterocycles. The Morgan fingerprint density at radius 3 is 3.27 bits per heavy atom. The molecule has 0 saturated heterocycles. The molecule has 1 aliphatic carbocycles. The summed E-state index contributed by atoms with van der Waals surface area (Å²) in [5.41, 5.74) is 1.55. The number of rotatable bonds is 3. The number of nitrogens with one attached hydrogen (secondary N) is 1. The largest absolute Gasteiger partial charge is 0.319 e. The topological polar surface area (TPSA) is 12.0 Å². The minimum absolute atomic E-state index is 0.869. The van der Waals surface area contributed by atoms with Crippen molar-refractivity contribution in [3.05, 3.63) is 22.4 Å². The van der Waals surface area contributed by atoms with Crippen molar-refractivity contribution >= 4 is 11.3 Å². The maximum Gasteiger partial charge on any atom is -0.00174 e. The fourth-order valence-electron chi connectivity index (χ4n) is 1.63. The first kappa shape index (κ1) is 7.32. The first-order chi connectivity index (χ1) is 5.42. The van der Waals surface area contributed by atoms with Gasteiger partial charge in [-0.2, -0.15) is 11.3 Å². The molecule has 1 aromatic heterocycles. The molecule has 1 nitrogen and oxygen atoms in total. The first-order valence-electron chi connectivity index (χ1n) is 4.08. The van der Waals surface area contributed by atoms with E-state index in [1.54, 1.807) is 5.56 Å². The molecule has 2 atom stereocenters. The Morgan fingerprint density at radius 2 is 2.64 bits per heavy atom. The van der Waals surface area contributed by atoms with Crippen LogP contribution in [-0.2, 0) is 0 Å². The third-order valence-electron chi connectivity index (χ3n) is 2.36. The van der Waals surface area contributed by atoms with Gasteiger partial charge in [-0.25, -0.2) is 0 Å². The summed E-state index contributed by atoms with van der Waals surface area (Å²) in [4.78, 5) is 0. The van der Waals surface area contributed by atoms with Crippen molar-refractivity contribution < 1.29 is 0 Å². The smallest absolute Gasteiger partial charge is 0.00174 e. The van der Waals surface area contributed by atoms with E-state index in [2.05, 4.69) is 22.1 Å². The van der Waals surface area contributed by atoms with Crippen molar-refractivity contribution in [2.45, 2.75) is 12.3 Å². The molecule has 1 saturated carbocycles. The minimum Gasteiger partial charge on any atom is -0.319 e. The lowest BCUT2D eigenvalue weighted by molar-refractivity contribution is 0.699. The van der Waals surface area contributed by atoms with Gasteiger partial charge >= 0.3 is 0 Å². The van der Waals surface area contributed by atoms with E-state index in [0.717, 1.165) is 11.8 Å². The highest BCUT2D eigenvalue weighted by molar-refractivity contribution is 7.08. The molecule has 1 aliphatic rings. The van der Waals surface area contributed by atoms with E-state index < -0.39 is 0 Å². The Hall–Kier alpha value is -0.340. The van der Waals surface area contributed by atoms with Crippen LogP contribution in [0.15, 0.2) is 16.8 Å². The molecule has 0 spiro atoms. The Kier molecular flexibility index (Phi) is 1.96. The monoisotopic (exact) mass is 167 g/mol. The molecule has 2 heteroatoms. The average Bonchev–Trinajstić information content (AvgIpc) is 2.61. The van der Waals surface area contributed by atoms with Crippen molar-refractivity contribution in [2.75, 3.05) is 13.6 Å². The molecule has 1 aromatic rings. The second-order valence-electron chi connectivity index (χ2n) is 3.22. The molecular formula is C9H13NS. The summed E-state index contributed by atoms with van der Waals surface area (Å²) in [7, 11) is 2.03. The predicted molar refractivity (Wildman–Crippen MR) is 49.1 cm³/mol. The zero-order valence-electron chi connectivity index (χ0n) is 6.71. The van der Waals surface area contributed by atoms with Crippen LogP contribution in [0.5, 0.6) is 0 Å². The van der Waals surface area contributed by atoms with Crippen LogP contribution >= 0.6 is 11.3 Å². The third-order valence-corrected chi connectivity index (χ3v) is 3.06. The third kappa shape index (κ3) is 1.47. The Balaban J connectivity index is 1.92. The highest BCUT2D eigenvalue weighted by Gasteiger charge is 2.37. The SMILES string of the molecule is CNC[C@H]1C[C@@H]1c1ccsc1. The molecule has 0 aromatic carbocycles. The van der Waals surface area contributed by atoms with Crippen LogP contribution in [0.1, 0.15) is 17.9 Å². The fourth-order valence-corrected chi connectivity index (χ4v) is 2.35. The Morgan fingerprint density at radius 1 is 1.73 bits per heavy atom. The van der Waals surface area contributed by atoms with Crippen molar-refractivity contribution in [3.8, 4) is 0 Å². The van der Waals surface area contributed by atoms with E-state index in [0.29, 0.717) is 0 Å². The molecule has 2 rings (SSSR count). The maximum absolute atomic E-state index is 3.22. The summed E-state index contributed by atoms with van der Waals surface area (Å²) in [5, 5.41) is 7.67. The molecular weight excluding hydrogens is 154 g/mol. The van der Waals surface area contributed by atoms with Gasteiger partial charge in [-0.1, -0.05) is 0 Å². The number of hydrogen-bond donors (Lipinski definition) is 1. The van der Waals surface area contributed by atoms with Gasteiger partial charge in [0.25, 0.3) is 0 Å². The lowest BCUT2D eigenvalue weighted by atomic mass is 10.2. The van der Waals surface area contributed by atoms with E-state index in [9.17, 15) is 0 Å². The summed E-state index contributed by atoms with van der Waals surface area (Å²) >= 11 is 1.81. The van der Waals surface area contributed by atoms with E-state index in [1.165, 1.54) is 13.0 Å². The maximum atomic E-state index is 3.22. The van der Waals surface area contributed by atoms with Crippen LogP contribution in [0.4, 0.5) is 0 Å². The average molecular weight is 167 g/mol. The van der Waals surface area contributed by atoms with Gasteiger partial charge in [0.05, 0.1) is 0 Å². The van der Waals surface area contributed by atoms with E-state index in [-0.39, 0.29) is 0 Å². The quantitative estimate of drug-likeness (QED) is 0.726. The lowest BCUT2D eigenvalue weighted by Gasteiger charge is -1.95. The highest BCUT2D eigenvalue weighted by atomic mass is 32.1. The van der Waals surface area contributed by atoms with Crippen molar-refractivity contribution in [1.29, 1.82) is 0 Å². The van der Waals surface area contributed by atoms with Gasteiger partial charge < -0.3 is 5.32 Å². The van der Waals surface area contributed by atoms with E-state index >= 15 is 0 Å². The Labute approximate surface area is 71.4 Å². The van der Waals surface area contributed by atoms with Gasteiger partial charge in [0, 0.05) is 0 Å². The molecule has 11 heavy (non-hydrogen) atoms. The van der Waals surface area contributed by atoms with Crippen molar-refractivity contribution in [1.82, 2.24) is 5.32 Å². The van der Waals surface area contributed by atoms with Crippen LogP contribution in [0, 0.1) is 5.92 Å². The molecule has 0 radical (unpaired) electrons. The Bertz CT molecular complexity index is 217. The summed E-state index contributed by atoms with van der Waals surface area (Å²) < 4.78 is 0. The standard InChI is InChI=1S/C9H13NS/c1-10-5-8-4-9(8)7-2-3-11-6-7/h2-3,6,8-10H,4-5H2,1H3/t8-,9-/m1/s1. The second kappa shape index (κ2) is 2.95. The number of hydrogen-bond acceptors (Lipinski definition) is 2. The van der Waals surface area contributed by atoms with Crippen molar-refractivity contribution in [2.24, 2.45) is 5.92 Å². The molecule has 60 valence electrons. The van der Waals surface area contributed by atoms with Crippen LogP contribution in [0.3, 0.4) is 0 Å². The molecule has 1 N–H and O–H groups in total. The number of thiophene rings is 1. The second-order valence-corrected chi connectivity index (χ2v) is 4.00. The van der Waals surface area contributed by atoms with Gasteiger partial charge in [0.1, 0.15) is 0 Å². The summed E-state index contributed by atoms with van der Waals surface area (Å²) in [5.74, 6) is 1.78. The minimum atomic E-state index is 0.869. The van der Waals surface area contributed by atoms with Gasteiger partial charge in [-0.15, -0.1) is 0 Å². The normalized spacial score (nSPS) is 28.8. The van der Waals surface area contributed by atoms with E-state index in [4.69, 9.17) is 0 Å². The highest BCUT2D eigenvalue weighted by Crippen LogP contribution is 2.47. The van der Waals surface area contributed by atoms with Gasteiger partial charge in [0.15, 0.2) is 0 Å².